The first-order valence-corrected chi connectivity index (χ1v) is 8.16. The molecule has 1 amide bonds. The summed E-state index contributed by atoms with van der Waals surface area (Å²) in [5, 5.41) is 8.99. The molecule has 1 aromatic rings. The largest absolute Gasteiger partial charge is 0.360 e. The van der Waals surface area contributed by atoms with Crippen LogP contribution in [0.5, 0.6) is 0 Å². The van der Waals surface area contributed by atoms with Gasteiger partial charge in [0.1, 0.15) is 0 Å². The van der Waals surface area contributed by atoms with Crippen LogP contribution in [0.4, 0.5) is 14.5 Å². The van der Waals surface area contributed by atoms with Crippen molar-refractivity contribution in [3.05, 3.63) is 29.8 Å². The van der Waals surface area contributed by atoms with Crippen LogP contribution in [0, 0.1) is 17.6 Å². The molecule has 1 aliphatic carbocycles. The molecule has 0 saturated heterocycles. The molecule has 0 aromatic heterocycles. The first-order valence-electron chi connectivity index (χ1n) is 7.75. The van der Waals surface area contributed by atoms with Crippen molar-refractivity contribution in [3.63, 3.8) is 0 Å². The van der Waals surface area contributed by atoms with Crippen molar-refractivity contribution in [2.45, 2.75) is 38.6 Å². The van der Waals surface area contributed by atoms with Gasteiger partial charge in [-0.15, -0.1) is 0 Å². The Balaban J connectivity index is 1.75. The molecule has 0 radical (unpaired) electrons. The average Bonchev–Trinajstić information content (AvgIpc) is 2.51. The number of benzene rings is 1. The van der Waals surface area contributed by atoms with Gasteiger partial charge in [0.05, 0.1) is 6.54 Å². The second-order valence-corrected chi connectivity index (χ2v) is 6.28. The summed E-state index contributed by atoms with van der Waals surface area (Å²) in [6, 6.07) is 3.54. The molecular weight excluding hydrogens is 320 g/mol. The van der Waals surface area contributed by atoms with Gasteiger partial charge in [0.15, 0.2) is 16.7 Å². The third-order valence-electron chi connectivity index (χ3n) is 4.04. The van der Waals surface area contributed by atoms with Crippen LogP contribution in [0.2, 0.25) is 0 Å². The first-order chi connectivity index (χ1) is 11.0. The van der Waals surface area contributed by atoms with Gasteiger partial charge in [0, 0.05) is 17.8 Å². The van der Waals surface area contributed by atoms with Crippen LogP contribution in [0.3, 0.4) is 0 Å². The van der Waals surface area contributed by atoms with Crippen LogP contribution in [-0.2, 0) is 4.79 Å². The fourth-order valence-corrected chi connectivity index (χ4v) is 2.91. The summed E-state index contributed by atoms with van der Waals surface area (Å²) in [5.74, 6) is -1.77. The standard InChI is InChI=1S/C16H21F2N3OS/c1-10-4-2-3-5-14(10)21-16(23)19-9-15(22)20-11-6-7-12(17)13(18)8-11/h6-8,10,14H,2-5,9H2,1H3,(H,20,22)(H2,19,21,23)/t10-,14-/m0/s1. The summed E-state index contributed by atoms with van der Waals surface area (Å²) in [5.41, 5.74) is 0.204. The fourth-order valence-electron chi connectivity index (χ4n) is 2.69. The SMILES string of the molecule is C[C@H]1CCCC[C@@H]1NC(=S)NCC(=O)Nc1ccc(F)c(F)c1. The maximum atomic E-state index is 13.1. The van der Waals surface area contributed by atoms with Gasteiger partial charge in [-0.25, -0.2) is 8.78 Å². The highest BCUT2D eigenvalue weighted by Crippen LogP contribution is 2.23. The highest BCUT2D eigenvalue weighted by molar-refractivity contribution is 7.80. The number of nitrogens with one attached hydrogen (secondary N) is 3. The van der Waals surface area contributed by atoms with Crippen molar-refractivity contribution >= 4 is 28.9 Å². The highest BCUT2D eigenvalue weighted by Gasteiger charge is 2.21. The number of anilines is 1. The van der Waals surface area contributed by atoms with Crippen LogP contribution < -0.4 is 16.0 Å². The molecule has 0 aliphatic heterocycles. The Labute approximate surface area is 140 Å². The lowest BCUT2D eigenvalue weighted by atomic mass is 9.86. The zero-order valence-corrected chi connectivity index (χ0v) is 13.8. The van der Waals surface area contributed by atoms with E-state index < -0.39 is 11.6 Å². The van der Waals surface area contributed by atoms with Crippen LogP contribution in [0.15, 0.2) is 18.2 Å². The third kappa shape index (κ3) is 5.42. The molecule has 1 saturated carbocycles. The summed E-state index contributed by atoms with van der Waals surface area (Å²) in [6.07, 6.45) is 4.68. The van der Waals surface area contributed by atoms with Crippen LogP contribution in [0.1, 0.15) is 32.6 Å². The van der Waals surface area contributed by atoms with Crippen molar-refractivity contribution in [3.8, 4) is 0 Å². The number of halogens is 2. The number of carbonyl (C=O) groups is 1. The Hall–Kier alpha value is -1.76. The molecule has 126 valence electrons. The van der Waals surface area contributed by atoms with Gasteiger partial charge >= 0.3 is 0 Å². The van der Waals surface area contributed by atoms with Crippen molar-refractivity contribution in [1.82, 2.24) is 10.6 Å². The van der Waals surface area contributed by atoms with Gasteiger partial charge in [-0.3, -0.25) is 4.79 Å². The van der Waals surface area contributed by atoms with Crippen molar-refractivity contribution < 1.29 is 13.6 Å². The van der Waals surface area contributed by atoms with Gasteiger partial charge in [0.25, 0.3) is 0 Å². The quantitative estimate of drug-likeness (QED) is 0.737. The fraction of sp³-hybridized carbons (Fsp3) is 0.500. The molecule has 7 heteroatoms. The van der Waals surface area contributed by atoms with Crippen LogP contribution in [-0.4, -0.2) is 23.6 Å². The molecule has 0 bridgehead atoms. The molecule has 0 spiro atoms. The molecule has 2 rings (SSSR count). The lowest BCUT2D eigenvalue weighted by Gasteiger charge is -2.30. The number of rotatable bonds is 4. The van der Waals surface area contributed by atoms with E-state index in [-0.39, 0.29) is 18.1 Å². The molecule has 1 fully saturated rings. The van der Waals surface area contributed by atoms with E-state index in [9.17, 15) is 13.6 Å². The van der Waals surface area contributed by atoms with Crippen molar-refractivity contribution in [2.24, 2.45) is 5.92 Å². The van der Waals surface area contributed by atoms with E-state index in [2.05, 4.69) is 22.9 Å². The van der Waals surface area contributed by atoms with Crippen LogP contribution in [0.25, 0.3) is 0 Å². The Kier molecular flexibility index (Phi) is 6.27. The molecular formula is C16H21F2N3OS. The minimum absolute atomic E-state index is 0.0358. The van der Waals surface area contributed by atoms with Gasteiger partial charge in [-0.05, 0) is 43.1 Å². The maximum Gasteiger partial charge on any atom is 0.243 e. The van der Waals surface area contributed by atoms with Crippen molar-refractivity contribution in [2.75, 3.05) is 11.9 Å². The van der Waals surface area contributed by atoms with E-state index in [1.54, 1.807) is 0 Å². The van der Waals surface area contributed by atoms with E-state index in [4.69, 9.17) is 12.2 Å². The van der Waals surface area contributed by atoms with Gasteiger partial charge in [-0.2, -0.15) is 0 Å². The average molecular weight is 341 g/mol. The Morgan fingerprint density at radius 2 is 2.00 bits per heavy atom. The van der Waals surface area contributed by atoms with Gasteiger partial charge < -0.3 is 16.0 Å². The first kappa shape index (κ1) is 17.6. The molecule has 1 aromatic carbocycles. The monoisotopic (exact) mass is 341 g/mol. The van der Waals surface area contributed by atoms with E-state index in [0.29, 0.717) is 17.1 Å². The summed E-state index contributed by atoms with van der Waals surface area (Å²) in [4.78, 5) is 11.8. The normalized spacial score (nSPS) is 20.7. The maximum absolute atomic E-state index is 13.1. The molecule has 0 heterocycles. The van der Waals surface area contributed by atoms with Crippen LogP contribution >= 0.6 is 12.2 Å². The Morgan fingerprint density at radius 3 is 2.70 bits per heavy atom. The summed E-state index contributed by atoms with van der Waals surface area (Å²) in [6.45, 7) is 2.15. The van der Waals surface area contributed by atoms with E-state index in [1.807, 2.05) is 0 Å². The molecule has 0 unspecified atom stereocenters. The second kappa shape index (κ2) is 8.19. The predicted octanol–water partition coefficient (Wildman–Crippen LogP) is 2.95. The van der Waals surface area contributed by atoms with Gasteiger partial charge in [-0.1, -0.05) is 19.8 Å². The van der Waals surface area contributed by atoms with E-state index >= 15 is 0 Å². The Bertz CT molecular complexity index is 582. The summed E-state index contributed by atoms with van der Waals surface area (Å²) >= 11 is 5.20. The summed E-state index contributed by atoms with van der Waals surface area (Å²) < 4.78 is 25.9. The van der Waals surface area contributed by atoms with Gasteiger partial charge in [0.2, 0.25) is 5.91 Å². The van der Waals surface area contributed by atoms with Crippen molar-refractivity contribution in [1.29, 1.82) is 0 Å². The van der Waals surface area contributed by atoms with E-state index in [1.165, 1.54) is 25.3 Å². The zero-order valence-electron chi connectivity index (χ0n) is 13.0. The summed E-state index contributed by atoms with van der Waals surface area (Å²) in [7, 11) is 0. The molecule has 1 aliphatic rings. The highest BCUT2D eigenvalue weighted by atomic mass is 32.1. The minimum atomic E-state index is -1.00. The number of amides is 1. The third-order valence-corrected chi connectivity index (χ3v) is 4.30. The topological polar surface area (TPSA) is 53.2 Å². The predicted molar refractivity (Wildman–Crippen MR) is 90.1 cm³/mol. The van der Waals surface area contributed by atoms with E-state index in [0.717, 1.165) is 18.6 Å². The zero-order chi connectivity index (χ0) is 16.8. The lowest BCUT2D eigenvalue weighted by molar-refractivity contribution is -0.115. The molecule has 2 atom stereocenters. The molecule has 3 N–H and O–H groups in total. The Morgan fingerprint density at radius 1 is 1.26 bits per heavy atom. The number of hydrogen-bond acceptors (Lipinski definition) is 2. The minimum Gasteiger partial charge on any atom is -0.360 e. The number of thiocarbonyl (C=S) groups is 1. The number of carbonyl (C=O) groups excluding carboxylic acids is 1. The smallest absolute Gasteiger partial charge is 0.243 e. The second-order valence-electron chi connectivity index (χ2n) is 5.87. The molecule has 23 heavy (non-hydrogen) atoms. The number of hydrogen-bond donors (Lipinski definition) is 3. The lowest BCUT2D eigenvalue weighted by Crippen LogP contribution is -2.47. The molecule has 4 nitrogen and oxygen atoms in total.